The summed E-state index contributed by atoms with van der Waals surface area (Å²) in [5, 5.41) is 9.55. The first-order valence-electron chi connectivity index (χ1n) is 5.03. The molecule has 0 aromatic carbocycles. The maximum Gasteiger partial charge on any atom is 0.0747 e. The van der Waals surface area contributed by atoms with Gasteiger partial charge in [-0.15, -0.1) is 0 Å². The predicted molar refractivity (Wildman–Crippen MR) is 54.2 cm³/mol. The van der Waals surface area contributed by atoms with Gasteiger partial charge in [-0.2, -0.15) is 0 Å². The summed E-state index contributed by atoms with van der Waals surface area (Å²) in [7, 11) is 0. The zero-order valence-corrected chi connectivity index (χ0v) is 8.64. The van der Waals surface area contributed by atoms with Gasteiger partial charge in [0.15, 0.2) is 0 Å². The Hall–Kier alpha value is -0.300. The SMILES string of the molecule is C/C=C(\C)[C@H](O)CCCCCC. The van der Waals surface area contributed by atoms with Crippen LogP contribution in [0.3, 0.4) is 0 Å². The average molecular weight is 170 g/mol. The standard InChI is InChI=1S/C11H22O/c1-4-6-7-8-9-11(12)10(3)5-2/h5,11-12H,4,6-9H2,1-3H3/b10-5+/t11-/m1/s1. The second-order valence-electron chi connectivity index (χ2n) is 3.40. The van der Waals surface area contributed by atoms with Crippen LogP contribution in [0, 0.1) is 0 Å². The van der Waals surface area contributed by atoms with Crippen molar-refractivity contribution in [2.45, 2.75) is 59.0 Å². The number of aliphatic hydroxyl groups excluding tert-OH is 1. The summed E-state index contributed by atoms with van der Waals surface area (Å²) in [5.41, 5.74) is 1.10. The van der Waals surface area contributed by atoms with E-state index in [0.717, 1.165) is 18.4 Å². The van der Waals surface area contributed by atoms with Crippen molar-refractivity contribution in [2.24, 2.45) is 0 Å². The number of hydrogen-bond donors (Lipinski definition) is 1. The van der Waals surface area contributed by atoms with E-state index in [0.29, 0.717) is 0 Å². The molecule has 0 fully saturated rings. The van der Waals surface area contributed by atoms with E-state index < -0.39 is 0 Å². The topological polar surface area (TPSA) is 20.2 Å². The monoisotopic (exact) mass is 170 g/mol. The van der Waals surface area contributed by atoms with Crippen molar-refractivity contribution in [2.75, 3.05) is 0 Å². The lowest BCUT2D eigenvalue weighted by Crippen LogP contribution is -2.07. The van der Waals surface area contributed by atoms with E-state index in [4.69, 9.17) is 0 Å². The summed E-state index contributed by atoms with van der Waals surface area (Å²) in [5.74, 6) is 0. The summed E-state index contributed by atoms with van der Waals surface area (Å²) >= 11 is 0. The molecule has 1 nitrogen and oxygen atoms in total. The highest BCUT2D eigenvalue weighted by molar-refractivity contribution is 5.02. The highest BCUT2D eigenvalue weighted by Gasteiger charge is 2.03. The summed E-state index contributed by atoms with van der Waals surface area (Å²) in [4.78, 5) is 0. The fraction of sp³-hybridized carbons (Fsp3) is 0.818. The molecule has 0 amide bonds. The number of rotatable bonds is 6. The average Bonchev–Trinajstić information content (AvgIpc) is 2.10. The quantitative estimate of drug-likeness (QED) is 0.479. The molecule has 0 aromatic heterocycles. The first kappa shape index (κ1) is 11.7. The Bertz CT molecular complexity index is 127. The van der Waals surface area contributed by atoms with Gasteiger partial charge in [-0.25, -0.2) is 0 Å². The van der Waals surface area contributed by atoms with Crippen LogP contribution in [0.4, 0.5) is 0 Å². The Labute approximate surface area is 76.5 Å². The van der Waals surface area contributed by atoms with E-state index in [2.05, 4.69) is 6.92 Å². The molecule has 0 unspecified atom stereocenters. The lowest BCUT2D eigenvalue weighted by Gasteiger charge is -2.09. The molecule has 0 bridgehead atoms. The molecule has 0 saturated heterocycles. The van der Waals surface area contributed by atoms with Crippen LogP contribution < -0.4 is 0 Å². The Morgan fingerprint density at radius 1 is 1.33 bits per heavy atom. The summed E-state index contributed by atoms with van der Waals surface area (Å²) in [6.45, 7) is 6.17. The Balaban J connectivity index is 3.37. The van der Waals surface area contributed by atoms with E-state index in [1.54, 1.807) is 0 Å². The molecule has 0 saturated carbocycles. The van der Waals surface area contributed by atoms with Crippen LogP contribution >= 0.6 is 0 Å². The minimum absolute atomic E-state index is 0.202. The van der Waals surface area contributed by atoms with Gasteiger partial charge in [0.25, 0.3) is 0 Å². The maximum absolute atomic E-state index is 9.55. The first-order valence-corrected chi connectivity index (χ1v) is 5.03. The number of hydrogen-bond acceptors (Lipinski definition) is 1. The summed E-state index contributed by atoms with van der Waals surface area (Å²) in [6.07, 6.45) is 7.68. The van der Waals surface area contributed by atoms with Gasteiger partial charge in [0.2, 0.25) is 0 Å². The second-order valence-corrected chi connectivity index (χ2v) is 3.40. The fourth-order valence-electron chi connectivity index (χ4n) is 1.18. The van der Waals surface area contributed by atoms with Gasteiger partial charge < -0.3 is 5.11 Å². The molecule has 0 radical (unpaired) electrons. The Morgan fingerprint density at radius 3 is 2.50 bits per heavy atom. The van der Waals surface area contributed by atoms with Gasteiger partial charge in [-0.05, 0) is 25.8 Å². The van der Waals surface area contributed by atoms with Crippen LogP contribution in [-0.2, 0) is 0 Å². The molecule has 12 heavy (non-hydrogen) atoms. The molecule has 1 N–H and O–H groups in total. The molecule has 0 aromatic rings. The number of unbranched alkanes of at least 4 members (excludes halogenated alkanes) is 3. The van der Waals surface area contributed by atoms with E-state index in [1.165, 1.54) is 19.3 Å². The highest BCUT2D eigenvalue weighted by atomic mass is 16.3. The second kappa shape index (κ2) is 7.35. The van der Waals surface area contributed by atoms with Gasteiger partial charge in [-0.1, -0.05) is 38.7 Å². The third-order valence-corrected chi connectivity index (χ3v) is 2.31. The van der Waals surface area contributed by atoms with Crippen LogP contribution in [0.15, 0.2) is 11.6 Å². The normalized spacial score (nSPS) is 14.8. The Morgan fingerprint density at radius 2 is 2.00 bits per heavy atom. The van der Waals surface area contributed by atoms with Crippen molar-refractivity contribution in [1.82, 2.24) is 0 Å². The summed E-state index contributed by atoms with van der Waals surface area (Å²) < 4.78 is 0. The van der Waals surface area contributed by atoms with E-state index in [1.807, 2.05) is 19.9 Å². The van der Waals surface area contributed by atoms with Crippen molar-refractivity contribution >= 4 is 0 Å². The fourth-order valence-corrected chi connectivity index (χ4v) is 1.18. The van der Waals surface area contributed by atoms with Gasteiger partial charge >= 0.3 is 0 Å². The first-order chi connectivity index (χ1) is 5.72. The van der Waals surface area contributed by atoms with Crippen molar-refractivity contribution < 1.29 is 5.11 Å². The lowest BCUT2D eigenvalue weighted by molar-refractivity contribution is 0.196. The summed E-state index contributed by atoms with van der Waals surface area (Å²) in [6, 6.07) is 0. The molecular formula is C11H22O. The van der Waals surface area contributed by atoms with Crippen molar-refractivity contribution in [1.29, 1.82) is 0 Å². The van der Waals surface area contributed by atoms with Crippen LogP contribution in [0.5, 0.6) is 0 Å². The van der Waals surface area contributed by atoms with Crippen molar-refractivity contribution in [3.63, 3.8) is 0 Å². The Kier molecular flexibility index (Phi) is 7.17. The smallest absolute Gasteiger partial charge is 0.0747 e. The van der Waals surface area contributed by atoms with E-state index in [9.17, 15) is 5.11 Å². The lowest BCUT2D eigenvalue weighted by atomic mass is 10.0. The van der Waals surface area contributed by atoms with E-state index >= 15 is 0 Å². The molecule has 1 atom stereocenters. The van der Waals surface area contributed by atoms with Crippen LogP contribution in [0.2, 0.25) is 0 Å². The predicted octanol–water partition coefficient (Wildman–Crippen LogP) is 3.28. The van der Waals surface area contributed by atoms with Crippen LogP contribution in [0.25, 0.3) is 0 Å². The molecule has 72 valence electrons. The van der Waals surface area contributed by atoms with Gasteiger partial charge in [0, 0.05) is 0 Å². The van der Waals surface area contributed by atoms with Crippen molar-refractivity contribution in [3.05, 3.63) is 11.6 Å². The third-order valence-electron chi connectivity index (χ3n) is 2.31. The van der Waals surface area contributed by atoms with Crippen LogP contribution in [0.1, 0.15) is 52.9 Å². The minimum atomic E-state index is -0.202. The molecule has 0 aliphatic heterocycles. The van der Waals surface area contributed by atoms with Crippen molar-refractivity contribution in [3.8, 4) is 0 Å². The zero-order chi connectivity index (χ0) is 9.40. The van der Waals surface area contributed by atoms with Gasteiger partial charge in [-0.3, -0.25) is 0 Å². The molecule has 0 rings (SSSR count). The van der Waals surface area contributed by atoms with E-state index in [-0.39, 0.29) is 6.10 Å². The van der Waals surface area contributed by atoms with Gasteiger partial charge in [0.05, 0.1) is 6.10 Å². The largest absolute Gasteiger partial charge is 0.389 e. The highest BCUT2D eigenvalue weighted by Crippen LogP contribution is 2.11. The molecular weight excluding hydrogens is 148 g/mol. The molecule has 0 aliphatic carbocycles. The molecule has 0 aliphatic rings. The van der Waals surface area contributed by atoms with Gasteiger partial charge in [0.1, 0.15) is 0 Å². The molecule has 0 spiro atoms. The molecule has 0 heterocycles. The zero-order valence-electron chi connectivity index (χ0n) is 8.64. The third kappa shape index (κ3) is 5.36. The minimum Gasteiger partial charge on any atom is -0.389 e. The number of allylic oxidation sites excluding steroid dienone is 1. The number of aliphatic hydroxyl groups is 1. The maximum atomic E-state index is 9.55. The van der Waals surface area contributed by atoms with Crippen LogP contribution in [-0.4, -0.2) is 11.2 Å². The molecule has 1 heteroatoms.